The molecule has 0 saturated heterocycles. The molecule has 1 nitrogen and oxygen atoms in total. The number of allylic oxidation sites excluding steroid dienone is 3. The summed E-state index contributed by atoms with van der Waals surface area (Å²) >= 11 is 1.82. The van der Waals surface area contributed by atoms with Crippen LogP contribution < -0.4 is 4.74 Å². The van der Waals surface area contributed by atoms with E-state index in [-0.39, 0.29) is 0 Å². The van der Waals surface area contributed by atoms with Gasteiger partial charge >= 0.3 is 0 Å². The van der Waals surface area contributed by atoms with Gasteiger partial charge in [0, 0.05) is 4.91 Å². The SMILES string of the molecule is C/C=C\C1=C(C(C)C)Sc2ccccc2O1. The lowest BCUT2D eigenvalue weighted by molar-refractivity contribution is 0.421. The molecule has 0 radical (unpaired) electrons. The molecule has 16 heavy (non-hydrogen) atoms. The third-order valence-corrected chi connectivity index (χ3v) is 3.82. The number of fused-ring (bicyclic) bond motifs is 1. The Hall–Kier alpha value is -1.15. The predicted molar refractivity (Wildman–Crippen MR) is 69.6 cm³/mol. The maximum absolute atomic E-state index is 5.92. The van der Waals surface area contributed by atoms with Crippen molar-refractivity contribution in [2.24, 2.45) is 5.92 Å². The lowest BCUT2D eigenvalue weighted by Gasteiger charge is -2.23. The lowest BCUT2D eigenvalue weighted by Crippen LogP contribution is -2.06. The van der Waals surface area contributed by atoms with Gasteiger partial charge in [0.15, 0.2) is 0 Å². The van der Waals surface area contributed by atoms with Gasteiger partial charge in [-0.15, -0.1) is 0 Å². The average molecular weight is 232 g/mol. The molecule has 0 fully saturated rings. The van der Waals surface area contributed by atoms with Crippen molar-refractivity contribution in [2.45, 2.75) is 25.7 Å². The maximum Gasteiger partial charge on any atom is 0.141 e. The smallest absolute Gasteiger partial charge is 0.141 e. The Morgan fingerprint density at radius 1 is 1.25 bits per heavy atom. The Labute approximate surface area is 101 Å². The van der Waals surface area contributed by atoms with Crippen LogP contribution in [0, 0.1) is 5.92 Å². The molecule has 84 valence electrons. The van der Waals surface area contributed by atoms with Crippen LogP contribution in [0.25, 0.3) is 0 Å². The van der Waals surface area contributed by atoms with E-state index in [1.807, 2.05) is 49.0 Å². The van der Waals surface area contributed by atoms with Crippen LogP contribution in [0.3, 0.4) is 0 Å². The Bertz CT molecular complexity index is 444. The Balaban J connectivity index is 2.41. The molecule has 2 heteroatoms. The highest BCUT2D eigenvalue weighted by atomic mass is 32.2. The highest BCUT2D eigenvalue weighted by Crippen LogP contribution is 2.44. The van der Waals surface area contributed by atoms with Gasteiger partial charge in [0.2, 0.25) is 0 Å². The Morgan fingerprint density at radius 3 is 2.69 bits per heavy atom. The van der Waals surface area contributed by atoms with Gasteiger partial charge in [0.05, 0.1) is 4.90 Å². The molecule has 0 spiro atoms. The van der Waals surface area contributed by atoms with E-state index in [0.717, 1.165) is 11.5 Å². The van der Waals surface area contributed by atoms with Crippen molar-refractivity contribution in [1.82, 2.24) is 0 Å². The summed E-state index contributed by atoms with van der Waals surface area (Å²) in [6, 6.07) is 8.18. The van der Waals surface area contributed by atoms with Crippen LogP contribution in [0.4, 0.5) is 0 Å². The van der Waals surface area contributed by atoms with Gasteiger partial charge in [0.25, 0.3) is 0 Å². The summed E-state index contributed by atoms with van der Waals surface area (Å²) in [4.78, 5) is 2.51. The van der Waals surface area contributed by atoms with Crippen LogP contribution in [0.2, 0.25) is 0 Å². The molecular weight excluding hydrogens is 216 g/mol. The minimum Gasteiger partial charge on any atom is -0.455 e. The zero-order chi connectivity index (χ0) is 11.5. The minimum absolute atomic E-state index is 0.490. The molecule has 0 N–H and O–H groups in total. The molecule has 2 rings (SSSR count). The molecule has 0 amide bonds. The van der Waals surface area contributed by atoms with Gasteiger partial charge in [-0.1, -0.05) is 43.8 Å². The molecule has 1 aromatic rings. The Kier molecular flexibility index (Phi) is 3.39. The number of ether oxygens (including phenoxy) is 1. The van der Waals surface area contributed by atoms with E-state index >= 15 is 0 Å². The summed E-state index contributed by atoms with van der Waals surface area (Å²) in [6.07, 6.45) is 4.06. The normalized spacial score (nSPS) is 15.5. The van der Waals surface area contributed by atoms with Crippen LogP contribution in [0.1, 0.15) is 20.8 Å². The van der Waals surface area contributed by atoms with E-state index in [2.05, 4.69) is 19.9 Å². The molecule has 0 unspecified atom stereocenters. The first-order valence-electron chi connectivity index (χ1n) is 5.54. The van der Waals surface area contributed by atoms with Gasteiger partial charge in [-0.2, -0.15) is 0 Å². The second-order valence-electron chi connectivity index (χ2n) is 4.03. The van der Waals surface area contributed by atoms with Crippen molar-refractivity contribution in [2.75, 3.05) is 0 Å². The lowest BCUT2D eigenvalue weighted by atomic mass is 10.2. The number of thioether (sulfide) groups is 1. The molecule has 1 aliphatic heterocycles. The minimum atomic E-state index is 0.490. The standard InChI is InChI=1S/C14H16OS/c1-4-7-12-14(10(2)3)16-13-9-6-5-8-11(13)15-12/h4-10H,1-3H3/b7-4-. The second-order valence-corrected chi connectivity index (χ2v) is 5.12. The van der Waals surface area contributed by atoms with Gasteiger partial charge in [-0.3, -0.25) is 0 Å². The Morgan fingerprint density at radius 2 is 2.00 bits per heavy atom. The fraction of sp³-hybridized carbons (Fsp3) is 0.286. The third-order valence-electron chi connectivity index (χ3n) is 2.37. The van der Waals surface area contributed by atoms with E-state index < -0.39 is 0 Å². The first-order valence-corrected chi connectivity index (χ1v) is 6.35. The van der Waals surface area contributed by atoms with Gasteiger partial charge in [-0.25, -0.2) is 0 Å². The van der Waals surface area contributed by atoms with Crippen molar-refractivity contribution < 1.29 is 4.74 Å². The molecule has 0 aromatic heterocycles. The van der Waals surface area contributed by atoms with E-state index in [0.29, 0.717) is 5.92 Å². The highest BCUT2D eigenvalue weighted by molar-refractivity contribution is 8.03. The predicted octanol–water partition coefficient (Wildman–Crippen LogP) is 4.61. The first kappa shape index (κ1) is 11.3. The van der Waals surface area contributed by atoms with Gasteiger partial charge < -0.3 is 4.74 Å². The summed E-state index contributed by atoms with van der Waals surface area (Å²) in [5.74, 6) is 2.44. The van der Waals surface area contributed by atoms with Crippen LogP contribution in [-0.2, 0) is 0 Å². The molecule has 0 aliphatic carbocycles. The molecule has 1 aliphatic rings. The van der Waals surface area contributed by atoms with Crippen molar-refractivity contribution in [3.05, 3.63) is 47.1 Å². The van der Waals surface area contributed by atoms with Crippen LogP contribution in [-0.4, -0.2) is 0 Å². The van der Waals surface area contributed by atoms with Crippen LogP contribution in [0.15, 0.2) is 52.0 Å². The van der Waals surface area contributed by atoms with E-state index in [9.17, 15) is 0 Å². The molecule has 0 saturated carbocycles. The van der Waals surface area contributed by atoms with Crippen molar-refractivity contribution in [3.63, 3.8) is 0 Å². The van der Waals surface area contributed by atoms with Crippen LogP contribution >= 0.6 is 11.8 Å². The van der Waals surface area contributed by atoms with Crippen molar-refractivity contribution in [3.8, 4) is 5.75 Å². The summed E-state index contributed by atoms with van der Waals surface area (Å²) in [6.45, 7) is 6.41. The average Bonchev–Trinajstić information content (AvgIpc) is 2.28. The summed E-state index contributed by atoms with van der Waals surface area (Å²) in [5, 5.41) is 0. The topological polar surface area (TPSA) is 9.23 Å². The first-order chi connectivity index (χ1) is 7.72. The zero-order valence-electron chi connectivity index (χ0n) is 9.86. The molecular formula is C14H16OS. The molecule has 1 aromatic carbocycles. The number of benzene rings is 1. The zero-order valence-corrected chi connectivity index (χ0v) is 10.7. The van der Waals surface area contributed by atoms with Crippen LogP contribution in [0.5, 0.6) is 5.75 Å². The summed E-state index contributed by atoms with van der Waals surface area (Å²) in [7, 11) is 0. The maximum atomic E-state index is 5.92. The third kappa shape index (κ3) is 2.17. The summed E-state index contributed by atoms with van der Waals surface area (Å²) in [5.41, 5.74) is 0. The van der Waals surface area contributed by atoms with Gasteiger partial charge in [0.1, 0.15) is 11.5 Å². The molecule has 0 bridgehead atoms. The monoisotopic (exact) mass is 232 g/mol. The molecule has 1 heterocycles. The van der Waals surface area contributed by atoms with E-state index in [1.54, 1.807) is 0 Å². The van der Waals surface area contributed by atoms with E-state index in [1.165, 1.54) is 9.80 Å². The quantitative estimate of drug-likeness (QED) is 0.736. The van der Waals surface area contributed by atoms with Crippen molar-refractivity contribution in [1.29, 1.82) is 0 Å². The fourth-order valence-electron chi connectivity index (χ4n) is 1.63. The molecule has 0 atom stereocenters. The number of hydrogen-bond donors (Lipinski definition) is 0. The van der Waals surface area contributed by atoms with Gasteiger partial charge in [-0.05, 0) is 31.1 Å². The summed E-state index contributed by atoms with van der Waals surface area (Å²) < 4.78 is 5.92. The highest BCUT2D eigenvalue weighted by Gasteiger charge is 2.20. The van der Waals surface area contributed by atoms with Crippen molar-refractivity contribution >= 4 is 11.8 Å². The fourth-order valence-corrected chi connectivity index (χ4v) is 2.67. The number of rotatable bonds is 2. The number of hydrogen-bond acceptors (Lipinski definition) is 2. The second kappa shape index (κ2) is 4.79. The number of para-hydroxylation sites is 1. The van der Waals surface area contributed by atoms with E-state index in [4.69, 9.17) is 4.74 Å². The largest absolute Gasteiger partial charge is 0.455 e.